The highest BCUT2D eigenvalue weighted by Gasteiger charge is 2.21. The Bertz CT molecular complexity index is 166. The molecular formula is C11H21N. The monoisotopic (exact) mass is 167 g/mol. The first-order valence-corrected chi connectivity index (χ1v) is 4.59. The molecule has 0 aromatic carbocycles. The van der Waals surface area contributed by atoms with Gasteiger partial charge in [-0.3, -0.25) is 0 Å². The first-order valence-electron chi connectivity index (χ1n) is 4.59. The molecule has 1 unspecified atom stereocenters. The third kappa shape index (κ3) is 4.41. The number of hydrogen-bond acceptors (Lipinski definition) is 1. The average molecular weight is 167 g/mol. The van der Waals surface area contributed by atoms with Crippen molar-refractivity contribution in [2.75, 3.05) is 7.05 Å². The van der Waals surface area contributed by atoms with E-state index in [-0.39, 0.29) is 0 Å². The highest BCUT2D eigenvalue weighted by Crippen LogP contribution is 2.22. The second kappa shape index (κ2) is 5.22. The van der Waals surface area contributed by atoms with Crippen molar-refractivity contribution in [3.05, 3.63) is 0 Å². The molecule has 70 valence electrons. The zero-order valence-electron chi connectivity index (χ0n) is 8.99. The Morgan fingerprint density at radius 2 is 1.92 bits per heavy atom. The highest BCUT2D eigenvalue weighted by atomic mass is 14.9. The molecule has 1 atom stereocenters. The SMILES string of the molecule is CC#CCCC(NC)C(C)(C)C. The van der Waals surface area contributed by atoms with Crippen molar-refractivity contribution in [3.8, 4) is 11.8 Å². The zero-order valence-corrected chi connectivity index (χ0v) is 8.99. The molecule has 0 aromatic rings. The summed E-state index contributed by atoms with van der Waals surface area (Å²) in [5.74, 6) is 6.02. The van der Waals surface area contributed by atoms with Crippen LogP contribution in [0.2, 0.25) is 0 Å². The summed E-state index contributed by atoms with van der Waals surface area (Å²) in [7, 11) is 2.02. The van der Waals surface area contributed by atoms with Gasteiger partial charge in [-0.1, -0.05) is 20.8 Å². The molecule has 0 aromatic heterocycles. The molecule has 12 heavy (non-hydrogen) atoms. The van der Waals surface area contributed by atoms with E-state index >= 15 is 0 Å². The molecule has 0 aliphatic rings. The minimum Gasteiger partial charge on any atom is -0.316 e. The largest absolute Gasteiger partial charge is 0.316 e. The van der Waals surface area contributed by atoms with Crippen LogP contribution in [-0.4, -0.2) is 13.1 Å². The van der Waals surface area contributed by atoms with Gasteiger partial charge in [0, 0.05) is 12.5 Å². The van der Waals surface area contributed by atoms with Crippen LogP contribution in [0.5, 0.6) is 0 Å². The fraction of sp³-hybridized carbons (Fsp3) is 0.818. The van der Waals surface area contributed by atoms with E-state index in [1.807, 2.05) is 14.0 Å². The molecule has 0 bridgehead atoms. The van der Waals surface area contributed by atoms with Gasteiger partial charge in [0.15, 0.2) is 0 Å². The summed E-state index contributed by atoms with van der Waals surface area (Å²) in [6.45, 7) is 8.67. The van der Waals surface area contributed by atoms with Crippen molar-refractivity contribution in [1.82, 2.24) is 5.32 Å². The van der Waals surface area contributed by atoms with E-state index in [1.165, 1.54) is 0 Å². The van der Waals surface area contributed by atoms with E-state index in [2.05, 4.69) is 37.9 Å². The molecular weight excluding hydrogens is 146 g/mol. The second-order valence-electron chi connectivity index (χ2n) is 4.17. The third-order valence-electron chi connectivity index (χ3n) is 2.13. The van der Waals surface area contributed by atoms with E-state index in [1.54, 1.807) is 0 Å². The molecule has 0 saturated carbocycles. The molecule has 0 saturated heterocycles. The van der Waals surface area contributed by atoms with Crippen molar-refractivity contribution in [2.24, 2.45) is 5.41 Å². The van der Waals surface area contributed by atoms with Crippen LogP contribution >= 0.6 is 0 Å². The lowest BCUT2D eigenvalue weighted by molar-refractivity contribution is 0.270. The van der Waals surface area contributed by atoms with Gasteiger partial charge < -0.3 is 5.32 Å². The molecule has 0 fully saturated rings. The molecule has 0 spiro atoms. The summed E-state index contributed by atoms with van der Waals surface area (Å²) in [5, 5.41) is 3.33. The van der Waals surface area contributed by atoms with Crippen molar-refractivity contribution in [2.45, 2.75) is 46.6 Å². The van der Waals surface area contributed by atoms with Crippen molar-refractivity contribution in [1.29, 1.82) is 0 Å². The predicted octanol–water partition coefficient (Wildman–Crippen LogP) is 2.42. The van der Waals surface area contributed by atoms with Crippen LogP contribution < -0.4 is 5.32 Å². The maximum absolute atomic E-state index is 3.33. The van der Waals surface area contributed by atoms with E-state index < -0.39 is 0 Å². The standard InChI is InChI=1S/C11H21N/c1-6-7-8-9-10(12-5)11(2,3)4/h10,12H,8-9H2,1-5H3. The fourth-order valence-electron chi connectivity index (χ4n) is 1.35. The van der Waals surface area contributed by atoms with Crippen LogP contribution in [0.3, 0.4) is 0 Å². The van der Waals surface area contributed by atoms with Crippen LogP contribution in [0.15, 0.2) is 0 Å². The Hall–Kier alpha value is -0.480. The molecule has 1 heteroatoms. The first kappa shape index (κ1) is 11.5. The van der Waals surface area contributed by atoms with Crippen molar-refractivity contribution in [3.63, 3.8) is 0 Å². The summed E-state index contributed by atoms with van der Waals surface area (Å²) in [6, 6.07) is 0.568. The van der Waals surface area contributed by atoms with Gasteiger partial charge in [-0.05, 0) is 25.8 Å². The van der Waals surface area contributed by atoms with Gasteiger partial charge in [0.2, 0.25) is 0 Å². The zero-order chi connectivity index (χ0) is 9.61. The molecule has 0 rings (SSSR count). The van der Waals surface area contributed by atoms with Crippen molar-refractivity contribution >= 4 is 0 Å². The Balaban J connectivity index is 3.89. The van der Waals surface area contributed by atoms with E-state index in [4.69, 9.17) is 0 Å². The van der Waals surface area contributed by atoms with Crippen LogP contribution in [0, 0.1) is 17.3 Å². The molecule has 0 aliphatic carbocycles. The summed E-state index contributed by atoms with van der Waals surface area (Å²) < 4.78 is 0. The summed E-state index contributed by atoms with van der Waals surface area (Å²) in [6.07, 6.45) is 2.14. The Morgan fingerprint density at radius 1 is 1.33 bits per heavy atom. The Labute approximate surface area is 76.9 Å². The minimum atomic E-state index is 0.337. The quantitative estimate of drug-likeness (QED) is 0.637. The lowest BCUT2D eigenvalue weighted by atomic mass is 9.84. The molecule has 0 heterocycles. The lowest BCUT2D eigenvalue weighted by Gasteiger charge is -2.29. The fourth-order valence-corrected chi connectivity index (χ4v) is 1.35. The molecule has 0 amide bonds. The predicted molar refractivity (Wildman–Crippen MR) is 55.0 cm³/mol. The smallest absolute Gasteiger partial charge is 0.0122 e. The number of rotatable bonds is 3. The van der Waals surface area contributed by atoms with Crippen molar-refractivity contribution < 1.29 is 0 Å². The topological polar surface area (TPSA) is 12.0 Å². The normalized spacial score (nSPS) is 13.4. The third-order valence-corrected chi connectivity index (χ3v) is 2.13. The Kier molecular flexibility index (Phi) is 5.01. The van der Waals surface area contributed by atoms with Gasteiger partial charge in [0.05, 0.1) is 0 Å². The van der Waals surface area contributed by atoms with E-state index in [9.17, 15) is 0 Å². The van der Waals surface area contributed by atoms with Gasteiger partial charge in [0.25, 0.3) is 0 Å². The van der Waals surface area contributed by atoms with Gasteiger partial charge in [-0.25, -0.2) is 0 Å². The molecule has 0 aliphatic heterocycles. The van der Waals surface area contributed by atoms with Crippen LogP contribution in [0.4, 0.5) is 0 Å². The number of nitrogens with one attached hydrogen (secondary N) is 1. The van der Waals surface area contributed by atoms with E-state index in [0.717, 1.165) is 12.8 Å². The second-order valence-corrected chi connectivity index (χ2v) is 4.17. The first-order chi connectivity index (χ1) is 5.52. The van der Waals surface area contributed by atoms with Gasteiger partial charge in [-0.15, -0.1) is 11.8 Å². The van der Waals surface area contributed by atoms with Gasteiger partial charge in [-0.2, -0.15) is 0 Å². The highest BCUT2D eigenvalue weighted by molar-refractivity contribution is 4.96. The molecule has 1 nitrogen and oxygen atoms in total. The Morgan fingerprint density at radius 3 is 2.25 bits per heavy atom. The van der Waals surface area contributed by atoms with Gasteiger partial charge >= 0.3 is 0 Å². The molecule has 0 radical (unpaired) electrons. The summed E-state index contributed by atoms with van der Waals surface area (Å²) in [5.41, 5.74) is 0.337. The van der Waals surface area contributed by atoms with E-state index in [0.29, 0.717) is 11.5 Å². The van der Waals surface area contributed by atoms with Gasteiger partial charge in [0.1, 0.15) is 0 Å². The number of hydrogen-bond donors (Lipinski definition) is 1. The summed E-state index contributed by atoms with van der Waals surface area (Å²) >= 11 is 0. The maximum Gasteiger partial charge on any atom is 0.0122 e. The maximum atomic E-state index is 3.33. The van der Waals surface area contributed by atoms with Crippen LogP contribution in [0.1, 0.15) is 40.5 Å². The van der Waals surface area contributed by atoms with Crippen LogP contribution in [-0.2, 0) is 0 Å². The minimum absolute atomic E-state index is 0.337. The average Bonchev–Trinajstić information content (AvgIpc) is 1.95. The molecule has 1 N–H and O–H groups in total. The summed E-state index contributed by atoms with van der Waals surface area (Å²) in [4.78, 5) is 0. The lowest BCUT2D eigenvalue weighted by Crippen LogP contribution is -2.37. The van der Waals surface area contributed by atoms with Crippen LogP contribution in [0.25, 0.3) is 0 Å².